The molecule has 1 amide bonds. The van der Waals surface area contributed by atoms with Crippen LogP contribution in [0.15, 0.2) is 53.3 Å². The molecule has 4 aromatic rings. The summed E-state index contributed by atoms with van der Waals surface area (Å²) >= 11 is 0. The summed E-state index contributed by atoms with van der Waals surface area (Å²) in [6.45, 7) is 3.80. The van der Waals surface area contributed by atoms with Gasteiger partial charge >= 0.3 is 0 Å². The molecule has 0 spiro atoms. The minimum atomic E-state index is -0.427. The van der Waals surface area contributed by atoms with Gasteiger partial charge in [0.15, 0.2) is 11.6 Å². The van der Waals surface area contributed by atoms with E-state index in [1.165, 1.54) is 24.4 Å². The van der Waals surface area contributed by atoms with Crippen molar-refractivity contribution in [3.63, 3.8) is 0 Å². The highest BCUT2D eigenvalue weighted by molar-refractivity contribution is 6.04. The van der Waals surface area contributed by atoms with Crippen molar-refractivity contribution in [1.29, 1.82) is 0 Å². The van der Waals surface area contributed by atoms with Gasteiger partial charge in [0.1, 0.15) is 5.82 Å². The molecular weight excluding hydrogens is 387 g/mol. The molecular formula is C21H19FN6O2. The Kier molecular flexibility index (Phi) is 5.34. The van der Waals surface area contributed by atoms with Gasteiger partial charge in [-0.2, -0.15) is 10.1 Å². The predicted octanol–water partition coefficient (Wildman–Crippen LogP) is 3.97. The van der Waals surface area contributed by atoms with Crippen molar-refractivity contribution in [3.05, 3.63) is 71.7 Å². The third-order valence-electron chi connectivity index (χ3n) is 4.49. The Hall–Kier alpha value is -3.88. The minimum absolute atomic E-state index is 0.356. The molecule has 0 aliphatic carbocycles. The number of pyridine rings is 1. The van der Waals surface area contributed by atoms with Crippen molar-refractivity contribution < 1.29 is 13.7 Å². The quantitative estimate of drug-likeness (QED) is 0.520. The Bertz CT molecular complexity index is 1200. The van der Waals surface area contributed by atoms with Gasteiger partial charge in [-0.15, -0.1) is 0 Å². The molecule has 4 rings (SSSR count). The number of hydrogen-bond acceptors (Lipinski definition) is 6. The molecule has 0 fully saturated rings. The van der Waals surface area contributed by atoms with Gasteiger partial charge in [-0.1, -0.05) is 18.1 Å². The average Bonchev–Trinajstić information content (AvgIpc) is 3.35. The van der Waals surface area contributed by atoms with Crippen LogP contribution in [0.1, 0.15) is 35.2 Å². The smallest absolute Gasteiger partial charge is 0.259 e. The van der Waals surface area contributed by atoms with Crippen molar-refractivity contribution in [2.45, 2.75) is 26.7 Å². The maximum Gasteiger partial charge on any atom is 0.259 e. The van der Waals surface area contributed by atoms with Crippen molar-refractivity contribution in [2.75, 3.05) is 5.32 Å². The Labute approximate surface area is 171 Å². The molecule has 0 atom stereocenters. The number of aryl methyl sites for hydroxylation is 1. The van der Waals surface area contributed by atoms with E-state index in [0.29, 0.717) is 40.0 Å². The predicted molar refractivity (Wildman–Crippen MR) is 108 cm³/mol. The topological polar surface area (TPSA) is 98.7 Å². The third-order valence-corrected chi connectivity index (χ3v) is 4.49. The molecule has 9 heteroatoms. The summed E-state index contributed by atoms with van der Waals surface area (Å²) in [6, 6.07) is 9.23. The summed E-state index contributed by atoms with van der Waals surface area (Å²) in [5, 5.41) is 10.9. The van der Waals surface area contributed by atoms with Crippen LogP contribution in [0, 0.1) is 12.7 Å². The number of aromatic nitrogens is 5. The van der Waals surface area contributed by atoms with Gasteiger partial charge < -0.3 is 9.84 Å². The summed E-state index contributed by atoms with van der Waals surface area (Å²) in [4.78, 5) is 21.3. The van der Waals surface area contributed by atoms with Crippen molar-refractivity contribution in [3.8, 4) is 17.3 Å². The number of hydrogen-bond donors (Lipinski definition) is 1. The van der Waals surface area contributed by atoms with Crippen molar-refractivity contribution in [1.82, 2.24) is 24.9 Å². The van der Waals surface area contributed by atoms with E-state index >= 15 is 0 Å². The lowest BCUT2D eigenvalue weighted by Gasteiger charge is -2.07. The van der Waals surface area contributed by atoms with Gasteiger partial charge in [-0.3, -0.25) is 4.79 Å². The standard InChI is InChI=1S/C21H19FN6O2/c1-3-5-18-26-21(30-27-18)14-8-9-23-19(10-14)28-13(2)17(12-24-28)20(29)25-16-7-4-6-15(22)11-16/h4,6-12H,3,5H2,1-2H3,(H,25,29). The SMILES string of the molecule is CCCc1noc(-c2ccnc(-n3ncc(C(=O)Nc4cccc(F)c4)c3C)c2)n1. The monoisotopic (exact) mass is 406 g/mol. The van der Waals surface area contributed by atoms with E-state index in [-0.39, 0.29) is 5.91 Å². The summed E-state index contributed by atoms with van der Waals surface area (Å²) in [5.74, 6) is 0.740. The fraction of sp³-hybridized carbons (Fsp3) is 0.190. The molecule has 3 heterocycles. The van der Waals surface area contributed by atoms with Gasteiger partial charge in [0.2, 0.25) is 0 Å². The van der Waals surface area contributed by atoms with Gasteiger partial charge in [0.25, 0.3) is 11.8 Å². The highest BCUT2D eigenvalue weighted by atomic mass is 19.1. The zero-order valence-electron chi connectivity index (χ0n) is 16.5. The number of benzene rings is 1. The first-order valence-electron chi connectivity index (χ1n) is 9.46. The first-order valence-corrected chi connectivity index (χ1v) is 9.46. The molecule has 152 valence electrons. The lowest BCUT2D eigenvalue weighted by molar-refractivity contribution is 0.102. The average molecular weight is 406 g/mol. The molecule has 0 saturated heterocycles. The number of carbonyl (C=O) groups excluding carboxylic acids is 1. The van der Waals surface area contributed by atoms with Crippen LogP contribution < -0.4 is 5.32 Å². The molecule has 8 nitrogen and oxygen atoms in total. The summed E-state index contributed by atoms with van der Waals surface area (Å²) in [5.41, 5.74) is 2.02. The van der Waals surface area contributed by atoms with E-state index in [4.69, 9.17) is 4.52 Å². The van der Waals surface area contributed by atoms with E-state index < -0.39 is 5.82 Å². The third kappa shape index (κ3) is 3.95. The number of anilines is 1. The number of nitrogens with one attached hydrogen (secondary N) is 1. The van der Waals surface area contributed by atoms with E-state index in [9.17, 15) is 9.18 Å². The molecule has 3 aromatic heterocycles. The minimum Gasteiger partial charge on any atom is -0.334 e. The molecule has 0 unspecified atom stereocenters. The lowest BCUT2D eigenvalue weighted by Crippen LogP contribution is -2.13. The molecule has 0 bridgehead atoms. The van der Waals surface area contributed by atoms with Crippen LogP contribution in [-0.2, 0) is 6.42 Å². The number of nitrogens with zero attached hydrogens (tertiary/aromatic N) is 5. The van der Waals surface area contributed by atoms with Crippen LogP contribution >= 0.6 is 0 Å². The number of halogens is 1. The molecule has 30 heavy (non-hydrogen) atoms. The van der Waals surface area contributed by atoms with E-state index in [1.807, 2.05) is 6.92 Å². The highest BCUT2D eigenvalue weighted by Crippen LogP contribution is 2.21. The molecule has 0 saturated carbocycles. The maximum absolute atomic E-state index is 13.4. The van der Waals surface area contributed by atoms with Crippen LogP contribution in [0.3, 0.4) is 0 Å². The van der Waals surface area contributed by atoms with Crippen LogP contribution in [0.25, 0.3) is 17.3 Å². The zero-order valence-corrected chi connectivity index (χ0v) is 16.5. The maximum atomic E-state index is 13.4. The van der Waals surface area contributed by atoms with E-state index in [0.717, 1.165) is 12.8 Å². The van der Waals surface area contributed by atoms with Crippen molar-refractivity contribution >= 4 is 11.6 Å². The first-order chi connectivity index (χ1) is 14.5. The van der Waals surface area contributed by atoms with Gasteiger partial charge in [-0.25, -0.2) is 14.1 Å². The first kappa shape index (κ1) is 19.4. The molecule has 1 N–H and O–H groups in total. The summed E-state index contributed by atoms with van der Waals surface area (Å²) in [7, 11) is 0. The normalized spacial score (nSPS) is 10.9. The van der Waals surface area contributed by atoms with E-state index in [1.54, 1.807) is 36.0 Å². The Morgan fingerprint density at radius 3 is 2.93 bits per heavy atom. The largest absolute Gasteiger partial charge is 0.334 e. The Morgan fingerprint density at radius 1 is 1.27 bits per heavy atom. The fourth-order valence-corrected chi connectivity index (χ4v) is 2.99. The number of carbonyl (C=O) groups is 1. The fourth-order valence-electron chi connectivity index (χ4n) is 2.99. The summed E-state index contributed by atoms with van der Waals surface area (Å²) < 4.78 is 20.2. The van der Waals surface area contributed by atoms with Crippen LogP contribution in [0.4, 0.5) is 10.1 Å². The Morgan fingerprint density at radius 2 is 2.13 bits per heavy atom. The van der Waals surface area contributed by atoms with Gasteiger partial charge in [0.05, 0.1) is 17.5 Å². The van der Waals surface area contributed by atoms with Crippen LogP contribution in [-0.4, -0.2) is 30.8 Å². The van der Waals surface area contributed by atoms with Gasteiger partial charge in [0, 0.05) is 23.9 Å². The van der Waals surface area contributed by atoms with Crippen LogP contribution in [0.5, 0.6) is 0 Å². The second kappa shape index (κ2) is 8.24. The van der Waals surface area contributed by atoms with Crippen LogP contribution in [0.2, 0.25) is 0 Å². The highest BCUT2D eigenvalue weighted by Gasteiger charge is 2.17. The Balaban J connectivity index is 1.59. The number of rotatable bonds is 6. The van der Waals surface area contributed by atoms with Crippen molar-refractivity contribution in [2.24, 2.45) is 0 Å². The second-order valence-electron chi connectivity index (χ2n) is 6.69. The molecule has 1 aromatic carbocycles. The van der Waals surface area contributed by atoms with E-state index in [2.05, 4.69) is 25.5 Å². The molecule has 0 aliphatic heterocycles. The second-order valence-corrected chi connectivity index (χ2v) is 6.69. The molecule has 0 aliphatic rings. The summed E-state index contributed by atoms with van der Waals surface area (Å²) in [6.07, 6.45) is 4.73. The zero-order chi connectivity index (χ0) is 21.1. The number of amides is 1. The molecule has 0 radical (unpaired) electrons. The van der Waals surface area contributed by atoms with Gasteiger partial charge in [-0.05, 0) is 43.7 Å². The lowest BCUT2D eigenvalue weighted by atomic mass is 10.2.